The number of anilines is 1. The van der Waals surface area contributed by atoms with Crippen molar-refractivity contribution in [1.82, 2.24) is 9.55 Å². The Balaban J connectivity index is 2.13. The van der Waals surface area contributed by atoms with Gasteiger partial charge in [-0.25, -0.2) is 4.98 Å². The van der Waals surface area contributed by atoms with Crippen LogP contribution in [0, 0.1) is 10.5 Å². The molecule has 0 spiro atoms. The number of halogens is 1. The number of hydrogen-bond donors (Lipinski definition) is 1. The number of imidazole rings is 1. The predicted octanol–water partition coefficient (Wildman–Crippen LogP) is 4.14. The highest BCUT2D eigenvalue weighted by Gasteiger charge is 2.15. The lowest BCUT2D eigenvalue weighted by Crippen LogP contribution is -2.10. The Morgan fingerprint density at radius 3 is 2.55 bits per heavy atom. The van der Waals surface area contributed by atoms with E-state index in [0.717, 1.165) is 11.0 Å². The summed E-state index contributed by atoms with van der Waals surface area (Å²) >= 11 is 2.29. The zero-order valence-electron chi connectivity index (χ0n) is 11.5. The van der Waals surface area contributed by atoms with Crippen LogP contribution < -0.4 is 5.73 Å². The number of nitrogen functional groups attached to an aromatic ring is 1. The van der Waals surface area contributed by atoms with Crippen molar-refractivity contribution < 1.29 is 0 Å². The number of benzene rings is 2. The standard InChI is InChI=1S/C16H16IN3/c1-10-3-5-12(6-4-10)11(2)20-15-8-7-13(17)9-14(15)19-16(20)18/h3-9,11H,1-2H3,(H2,18,19). The van der Waals surface area contributed by atoms with Crippen LogP contribution in [0.4, 0.5) is 5.95 Å². The Morgan fingerprint density at radius 1 is 1.15 bits per heavy atom. The van der Waals surface area contributed by atoms with Gasteiger partial charge in [-0.05, 0) is 60.2 Å². The van der Waals surface area contributed by atoms with Gasteiger partial charge in [-0.1, -0.05) is 29.8 Å². The molecular formula is C16H16IN3. The van der Waals surface area contributed by atoms with Gasteiger partial charge in [-0.3, -0.25) is 0 Å². The second kappa shape index (κ2) is 5.09. The van der Waals surface area contributed by atoms with Gasteiger partial charge in [0.25, 0.3) is 0 Å². The monoisotopic (exact) mass is 377 g/mol. The third-order valence-corrected chi connectivity index (χ3v) is 4.30. The van der Waals surface area contributed by atoms with Gasteiger partial charge in [0.1, 0.15) is 0 Å². The van der Waals surface area contributed by atoms with E-state index in [1.54, 1.807) is 0 Å². The number of nitrogens with zero attached hydrogens (tertiary/aromatic N) is 2. The molecule has 0 bridgehead atoms. The molecule has 1 atom stereocenters. The van der Waals surface area contributed by atoms with E-state index in [0.29, 0.717) is 5.95 Å². The topological polar surface area (TPSA) is 43.8 Å². The largest absolute Gasteiger partial charge is 0.369 e. The summed E-state index contributed by atoms with van der Waals surface area (Å²) in [6.07, 6.45) is 0. The summed E-state index contributed by atoms with van der Waals surface area (Å²) in [5.74, 6) is 0.565. The van der Waals surface area contributed by atoms with Crippen molar-refractivity contribution in [3.8, 4) is 0 Å². The van der Waals surface area contributed by atoms with Crippen molar-refractivity contribution in [1.29, 1.82) is 0 Å². The molecule has 1 heterocycles. The Bertz CT molecular complexity index is 759. The van der Waals surface area contributed by atoms with Crippen LogP contribution in [0.15, 0.2) is 42.5 Å². The highest BCUT2D eigenvalue weighted by Crippen LogP contribution is 2.28. The molecule has 3 rings (SSSR count). The van der Waals surface area contributed by atoms with Gasteiger partial charge in [0.05, 0.1) is 17.1 Å². The summed E-state index contributed by atoms with van der Waals surface area (Å²) in [5, 5.41) is 0. The Morgan fingerprint density at radius 2 is 1.85 bits per heavy atom. The maximum absolute atomic E-state index is 6.12. The molecule has 4 heteroatoms. The van der Waals surface area contributed by atoms with E-state index in [-0.39, 0.29) is 6.04 Å². The van der Waals surface area contributed by atoms with E-state index in [9.17, 15) is 0 Å². The van der Waals surface area contributed by atoms with Gasteiger partial charge in [-0.15, -0.1) is 0 Å². The van der Waals surface area contributed by atoms with Gasteiger partial charge in [0.2, 0.25) is 5.95 Å². The highest BCUT2D eigenvalue weighted by atomic mass is 127. The molecule has 0 radical (unpaired) electrons. The molecule has 0 amide bonds. The molecule has 0 aliphatic rings. The first-order valence-electron chi connectivity index (χ1n) is 6.56. The second-order valence-corrected chi connectivity index (χ2v) is 6.31. The van der Waals surface area contributed by atoms with Gasteiger partial charge < -0.3 is 10.3 Å². The average Bonchev–Trinajstić information content (AvgIpc) is 2.73. The Labute approximate surface area is 132 Å². The number of aromatic nitrogens is 2. The van der Waals surface area contributed by atoms with Crippen molar-refractivity contribution in [2.24, 2.45) is 0 Å². The molecule has 3 nitrogen and oxygen atoms in total. The summed E-state index contributed by atoms with van der Waals surface area (Å²) in [4.78, 5) is 4.47. The number of hydrogen-bond acceptors (Lipinski definition) is 2. The number of fused-ring (bicyclic) bond motifs is 1. The normalized spacial score (nSPS) is 12.8. The summed E-state index contributed by atoms with van der Waals surface area (Å²) < 4.78 is 3.26. The number of nitrogens with two attached hydrogens (primary N) is 1. The molecule has 0 saturated carbocycles. The Hall–Kier alpha value is -1.56. The highest BCUT2D eigenvalue weighted by molar-refractivity contribution is 14.1. The lowest BCUT2D eigenvalue weighted by molar-refractivity contribution is 0.667. The molecule has 0 aliphatic carbocycles. The van der Waals surface area contributed by atoms with Crippen molar-refractivity contribution in [3.63, 3.8) is 0 Å². The molecule has 2 N–H and O–H groups in total. The third-order valence-electron chi connectivity index (χ3n) is 3.63. The first-order chi connectivity index (χ1) is 9.56. The van der Waals surface area contributed by atoms with E-state index >= 15 is 0 Å². The van der Waals surface area contributed by atoms with Crippen LogP contribution in [0.1, 0.15) is 24.1 Å². The van der Waals surface area contributed by atoms with Crippen molar-refractivity contribution in [2.45, 2.75) is 19.9 Å². The van der Waals surface area contributed by atoms with Crippen molar-refractivity contribution in [2.75, 3.05) is 5.73 Å². The van der Waals surface area contributed by atoms with E-state index < -0.39 is 0 Å². The molecule has 0 saturated heterocycles. The summed E-state index contributed by atoms with van der Waals surface area (Å²) in [5.41, 5.74) is 10.7. The van der Waals surface area contributed by atoms with Crippen LogP contribution in [0.3, 0.4) is 0 Å². The van der Waals surface area contributed by atoms with E-state index in [4.69, 9.17) is 5.73 Å². The van der Waals surface area contributed by atoms with Gasteiger partial charge in [0, 0.05) is 3.57 Å². The van der Waals surface area contributed by atoms with Gasteiger partial charge in [-0.2, -0.15) is 0 Å². The van der Waals surface area contributed by atoms with Gasteiger partial charge >= 0.3 is 0 Å². The predicted molar refractivity (Wildman–Crippen MR) is 91.9 cm³/mol. The van der Waals surface area contributed by atoms with Crippen LogP contribution in [0.25, 0.3) is 11.0 Å². The van der Waals surface area contributed by atoms with E-state index in [2.05, 4.69) is 88.5 Å². The number of aryl methyl sites for hydroxylation is 1. The maximum Gasteiger partial charge on any atom is 0.201 e. The molecule has 2 aromatic carbocycles. The quantitative estimate of drug-likeness (QED) is 0.683. The summed E-state index contributed by atoms with van der Waals surface area (Å²) in [6.45, 7) is 4.25. The van der Waals surface area contributed by atoms with Crippen LogP contribution in [0.2, 0.25) is 0 Å². The summed E-state index contributed by atoms with van der Waals surface area (Å²) in [7, 11) is 0. The summed E-state index contributed by atoms with van der Waals surface area (Å²) in [6, 6.07) is 15.0. The first kappa shape index (κ1) is 13.4. The lowest BCUT2D eigenvalue weighted by atomic mass is 10.1. The van der Waals surface area contributed by atoms with Crippen molar-refractivity contribution >= 4 is 39.6 Å². The fraction of sp³-hybridized carbons (Fsp3) is 0.188. The van der Waals surface area contributed by atoms with Crippen LogP contribution >= 0.6 is 22.6 Å². The minimum Gasteiger partial charge on any atom is -0.369 e. The zero-order chi connectivity index (χ0) is 14.3. The van der Waals surface area contributed by atoms with Crippen LogP contribution in [0.5, 0.6) is 0 Å². The maximum atomic E-state index is 6.12. The van der Waals surface area contributed by atoms with E-state index in [1.165, 1.54) is 14.7 Å². The smallest absolute Gasteiger partial charge is 0.201 e. The molecular weight excluding hydrogens is 361 g/mol. The van der Waals surface area contributed by atoms with E-state index in [1.807, 2.05) is 0 Å². The van der Waals surface area contributed by atoms with Crippen molar-refractivity contribution in [3.05, 3.63) is 57.2 Å². The zero-order valence-corrected chi connectivity index (χ0v) is 13.6. The molecule has 1 unspecified atom stereocenters. The number of rotatable bonds is 2. The lowest BCUT2D eigenvalue weighted by Gasteiger charge is -2.16. The molecule has 1 aromatic heterocycles. The molecule has 20 heavy (non-hydrogen) atoms. The van der Waals surface area contributed by atoms with Crippen LogP contribution in [-0.4, -0.2) is 9.55 Å². The minimum atomic E-state index is 0.167. The molecule has 3 aromatic rings. The Kier molecular flexibility index (Phi) is 3.41. The third kappa shape index (κ3) is 2.28. The minimum absolute atomic E-state index is 0.167. The first-order valence-corrected chi connectivity index (χ1v) is 7.63. The average molecular weight is 377 g/mol. The SMILES string of the molecule is Cc1ccc(C(C)n2c(N)nc3cc(I)ccc32)cc1. The fourth-order valence-corrected chi connectivity index (χ4v) is 2.97. The van der Waals surface area contributed by atoms with Crippen LogP contribution in [-0.2, 0) is 0 Å². The second-order valence-electron chi connectivity index (χ2n) is 5.06. The molecule has 102 valence electrons. The fourth-order valence-electron chi connectivity index (χ4n) is 2.49. The van der Waals surface area contributed by atoms with Gasteiger partial charge in [0.15, 0.2) is 0 Å². The molecule has 0 aliphatic heterocycles. The molecule has 0 fully saturated rings.